The molecule has 0 radical (unpaired) electrons. The summed E-state index contributed by atoms with van der Waals surface area (Å²) >= 11 is 3.18. The Labute approximate surface area is 127 Å². The third-order valence-corrected chi connectivity index (χ3v) is 3.75. The molecule has 0 fully saturated rings. The number of Topliss-reactive ketones (excluding diaryl/α,β-unsaturated/α-hetero) is 1. The lowest BCUT2D eigenvalue weighted by Crippen LogP contribution is -2.11. The Morgan fingerprint density at radius 2 is 1.95 bits per heavy atom. The molecule has 0 aliphatic rings. The lowest BCUT2D eigenvalue weighted by Gasteiger charge is -2.12. The highest BCUT2D eigenvalue weighted by Crippen LogP contribution is 2.32. The molecule has 0 aliphatic carbocycles. The summed E-state index contributed by atoms with van der Waals surface area (Å²) in [5.74, 6) is -0.250. The van der Waals surface area contributed by atoms with Crippen LogP contribution in [0, 0.1) is 0 Å². The van der Waals surface area contributed by atoms with Gasteiger partial charge in [-0.15, -0.1) is 0 Å². The highest BCUT2D eigenvalue weighted by atomic mass is 79.9. The molecule has 0 saturated heterocycles. The molecule has 0 aliphatic heterocycles. The maximum Gasteiger partial charge on any atom is 0.416 e. The molecule has 1 unspecified atom stereocenters. The average molecular weight is 359 g/mol. The van der Waals surface area contributed by atoms with Gasteiger partial charge in [-0.25, -0.2) is 4.98 Å². The van der Waals surface area contributed by atoms with E-state index in [1.54, 1.807) is 6.07 Å². The van der Waals surface area contributed by atoms with E-state index < -0.39 is 22.4 Å². The Balaban J connectivity index is 2.32. The van der Waals surface area contributed by atoms with E-state index in [1.165, 1.54) is 24.4 Å². The van der Waals surface area contributed by atoms with Gasteiger partial charge in [0, 0.05) is 11.8 Å². The van der Waals surface area contributed by atoms with Crippen molar-refractivity contribution >= 4 is 27.5 Å². The number of alkyl halides is 4. The number of nitrogens with two attached hydrogens (primary N) is 1. The minimum Gasteiger partial charge on any atom is -0.384 e. The van der Waals surface area contributed by atoms with Crippen LogP contribution in [-0.4, -0.2) is 10.8 Å². The number of nitrogens with zero attached hydrogens (tertiary/aromatic N) is 1. The van der Waals surface area contributed by atoms with Crippen molar-refractivity contribution < 1.29 is 18.0 Å². The van der Waals surface area contributed by atoms with Crippen molar-refractivity contribution in [2.75, 3.05) is 5.73 Å². The predicted octanol–water partition coefficient (Wildman–Crippen LogP) is 4.00. The number of carbonyl (C=O) groups excluding carboxylic acids is 1. The molecule has 110 valence electrons. The van der Waals surface area contributed by atoms with Crippen molar-refractivity contribution in [3.63, 3.8) is 0 Å². The zero-order valence-corrected chi connectivity index (χ0v) is 12.1. The smallest absolute Gasteiger partial charge is 0.384 e. The van der Waals surface area contributed by atoms with Crippen LogP contribution in [0.1, 0.15) is 26.3 Å². The third kappa shape index (κ3) is 3.60. The van der Waals surface area contributed by atoms with E-state index >= 15 is 0 Å². The number of rotatable bonds is 3. The van der Waals surface area contributed by atoms with Gasteiger partial charge in [0.1, 0.15) is 10.6 Å². The fraction of sp³-hybridized carbons (Fsp3) is 0.143. The van der Waals surface area contributed by atoms with Crippen LogP contribution in [0.5, 0.6) is 0 Å². The van der Waals surface area contributed by atoms with Crippen molar-refractivity contribution in [3.8, 4) is 0 Å². The summed E-state index contributed by atoms with van der Waals surface area (Å²) in [6, 6.07) is 7.37. The largest absolute Gasteiger partial charge is 0.416 e. The van der Waals surface area contributed by atoms with E-state index in [9.17, 15) is 18.0 Å². The van der Waals surface area contributed by atoms with Crippen LogP contribution in [-0.2, 0) is 6.18 Å². The van der Waals surface area contributed by atoms with Crippen LogP contribution in [0.3, 0.4) is 0 Å². The molecule has 0 amide bonds. The van der Waals surface area contributed by atoms with E-state index in [1.807, 2.05) is 0 Å². The molecular weight excluding hydrogens is 349 g/mol. The Kier molecular flexibility index (Phi) is 4.32. The lowest BCUT2D eigenvalue weighted by molar-refractivity contribution is -0.137. The first-order valence-electron chi connectivity index (χ1n) is 5.86. The highest BCUT2D eigenvalue weighted by Gasteiger charge is 2.31. The minimum atomic E-state index is -4.49. The predicted molar refractivity (Wildman–Crippen MR) is 76.1 cm³/mol. The number of pyridine rings is 1. The van der Waals surface area contributed by atoms with Gasteiger partial charge in [0.05, 0.1) is 5.56 Å². The first-order valence-corrected chi connectivity index (χ1v) is 6.77. The van der Waals surface area contributed by atoms with Crippen molar-refractivity contribution in [3.05, 3.63) is 59.3 Å². The molecule has 0 spiro atoms. The number of aromatic nitrogens is 1. The maximum absolute atomic E-state index is 12.7. The lowest BCUT2D eigenvalue weighted by atomic mass is 10.0. The molecule has 1 aromatic heterocycles. The molecule has 1 atom stereocenters. The van der Waals surface area contributed by atoms with Crippen LogP contribution in [0.15, 0.2) is 42.6 Å². The summed E-state index contributed by atoms with van der Waals surface area (Å²) in [4.78, 5) is 15.3. The summed E-state index contributed by atoms with van der Waals surface area (Å²) < 4.78 is 38.0. The van der Waals surface area contributed by atoms with E-state index in [0.29, 0.717) is 5.56 Å². The quantitative estimate of drug-likeness (QED) is 0.666. The summed E-state index contributed by atoms with van der Waals surface area (Å²) in [6.45, 7) is 0. The van der Waals surface area contributed by atoms with Gasteiger partial charge in [-0.05, 0) is 29.8 Å². The van der Waals surface area contributed by atoms with Crippen LogP contribution < -0.4 is 5.73 Å². The van der Waals surface area contributed by atoms with E-state index in [-0.39, 0.29) is 11.4 Å². The normalized spacial score (nSPS) is 13.0. The number of anilines is 1. The molecule has 2 rings (SSSR count). The topological polar surface area (TPSA) is 56.0 Å². The van der Waals surface area contributed by atoms with Gasteiger partial charge in [0.15, 0.2) is 5.78 Å². The molecular formula is C14H10BrF3N2O. The number of ketones is 1. The van der Waals surface area contributed by atoms with Crippen molar-refractivity contribution in [2.45, 2.75) is 11.0 Å². The standard InChI is InChI=1S/C14H10BrF3N2O/c15-12(8-4-5-20-11(19)7-8)13(21)9-2-1-3-10(6-9)14(16,17)18/h1-7,12H,(H2,19,20). The van der Waals surface area contributed by atoms with Gasteiger partial charge in [-0.2, -0.15) is 13.2 Å². The first kappa shape index (κ1) is 15.5. The second-order valence-electron chi connectivity index (χ2n) is 4.32. The Morgan fingerprint density at radius 3 is 2.57 bits per heavy atom. The molecule has 0 bridgehead atoms. The SMILES string of the molecule is Nc1cc(C(Br)C(=O)c2cccc(C(F)(F)F)c2)ccn1. The van der Waals surface area contributed by atoms with Gasteiger partial charge in [-0.3, -0.25) is 4.79 Å². The summed E-state index contributed by atoms with van der Waals surface area (Å²) in [7, 11) is 0. The molecule has 1 aromatic carbocycles. The Morgan fingerprint density at radius 1 is 1.24 bits per heavy atom. The summed E-state index contributed by atoms with van der Waals surface area (Å²) in [6.07, 6.45) is -3.06. The molecule has 21 heavy (non-hydrogen) atoms. The number of hydrogen-bond donors (Lipinski definition) is 1. The number of benzene rings is 1. The van der Waals surface area contributed by atoms with Crippen LogP contribution in [0.4, 0.5) is 19.0 Å². The average Bonchev–Trinajstić information content (AvgIpc) is 2.45. The number of carbonyl (C=O) groups is 1. The van der Waals surface area contributed by atoms with Gasteiger partial charge in [0.2, 0.25) is 0 Å². The molecule has 0 saturated carbocycles. The maximum atomic E-state index is 12.7. The van der Waals surface area contributed by atoms with Gasteiger partial charge in [0.25, 0.3) is 0 Å². The van der Waals surface area contributed by atoms with Gasteiger partial charge < -0.3 is 5.73 Å². The summed E-state index contributed by atoms with van der Waals surface area (Å²) in [5.41, 5.74) is 5.17. The fourth-order valence-corrected chi connectivity index (χ4v) is 2.32. The minimum absolute atomic E-state index is 0.0258. The second-order valence-corrected chi connectivity index (χ2v) is 5.24. The van der Waals surface area contributed by atoms with Crippen LogP contribution in [0.2, 0.25) is 0 Å². The molecule has 3 nitrogen and oxygen atoms in total. The van der Waals surface area contributed by atoms with E-state index in [2.05, 4.69) is 20.9 Å². The van der Waals surface area contributed by atoms with E-state index in [0.717, 1.165) is 12.1 Å². The second kappa shape index (κ2) is 5.85. The third-order valence-electron chi connectivity index (χ3n) is 2.80. The van der Waals surface area contributed by atoms with Gasteiger partial charge in [-0.1, -0.05) is 28.1 Å². The Bertz CT molecular complexity index is 673. The monoisotopic (exact) mass is 358 g/mol. The van der Waals surface area contributed by atoms with Crippen molar-refractivity contribution in [1.29, 1.82) is 0 Å². The zero-order chi connectivity index (χ0) is 15.6. The molecule has 1 heterocycles. The van der Waals surface area contributed by atoms with Gasteiger partial charge >= 0.3 is 6.18 Å². The zero-order valence-electron chi connectivity index (χ0n) is 10.6. The van der Waals surface area contributed by atoms with E-state index in [4.69, 9.17) is 5.73 Å². The Hall–Kier alpha value is -1.89. The molecule has 7 heteroatoms. The molecule has 2 aromatic rings. The van der Waals surface area contributed by atoms with Crippen LogP contribution >= 0.6 is 15.9 Å². The number of hydrogen-bond acceptors (Lipinski definition) is 3. The first-order chi connectivity index (χ1) is 9.79. The van der Waals surface area contributed by atoms with Crippen LogP contribution in [0.25, 0.3) is 0 Å². The fourth-order valence-electron chi connectivity index (χ4n) is 1.77. The highest BCUT2D eigenvalue weighted by molar-refractivity contribution is 9.09. The summed E-state index contributed by atoms with van der Waals surface area (Å²) in [5, 5.41) is 0. The van der Waals surface area contributed by atoms with Crippen molar-refractivity contribution in [2.24, 2.45) is 0 Å². The molecule has 2 N–H and O–H groups in total. The number of halogens is 4. The number of nitrogen functional groups attached to an aromatic ring is 1. The van der Waals surface area contributed by atoms with Crippen molar-refractivity contribution in [1.82, 2.24) is 4.98 Å².